The average Bonchev–Trinajstić information content (AvgIpc) is 2.50. The number of rotatable bonds is 8. The largest absolute Gasteiger partial charge is 0.497 e. The Morgan fingerprint density at radius 1 is 1.25 bits per heavy atom. The van der Waals surface area contributed by atoms with Crippen molar-refractivity contribution in [2.24, 2.45) is 5.92 Å². The van der Waals surface area contributed by atoms with Gasteiger partial charge >= 0.3 is 0 Å². The highest BCUT2D eigenvalue weighted by Crippen LogP contribution is 2.15. The van der Waals surface area contributed by atoms with Crippen molar-refractivity contribution in [3.05, 3.63) is 29.8 Å². The van der Waals surface area contributed by atoms with Crippen LogP contribution in [0.2, 0.25) is 0 Å². The fourth-order valence-electron chi connectivity index (χ4n) is 1.94. The molecule has 1 aromatic rings. The highest BCUT2D eigenvalue weighted by Gasteiger charge is 2.25. The van der Waals surface area contributed by atoms with Crippen LogP contribution in [0.1, 0.15) is 32.8 Å². The van der Waals surface area contributed by atoms with Crippen LogP contribution in [0.3, 0.4) is 0 Å². The Hall–Kier alpha value is -1.39. The number of aliphatic hydroxyl groups is 1. The molecule has 0 heterocycles. The summed E-state index contributed by atoms with van der Waals surface area (Å²) in [5, 5.41) is 9.70. The van der Waals surface area contributed by atoms with Crippen molar-refractivity contribution in [1.29, 1.82) is 0 Å². The van der Waals surface area contributed by atoms with Crippen molar-refractivity contribution in [2.75, 3.05) is 7.11 Å². The first-order chi connectivity index (χ1) is 9.49. The van der Waals surface area contributed by atoms with Crippen LogP contribution in [0, 0.1) is 5.92 Å². The van der Waals surface area contributed by atoms with Gasteiger partial charge in [-0.15, -0.1) is 0 Å². The topological polar surface area (TPSA) is 55.8 Å². The molecule has 0 saturated heterocycles. The number of aliphatic hydroxyl groups excluding tert-OH is 1. The van der Waals surface area contributed by atoms with E-state index >= 15 is 0 Å². The smallest absolute Gasteiger partial charge is 0.166 e. The molecule has 0 aliphatic rings. The summed E-state index contributed by atoms with van der Waals surface area (Å²) < 4.78 is 10.7. The fourth-order valence-corrected chi connectivity index (χ4v) is 1.94. The van der Waals surface area contributed by atoms with Crippen molar-refractivity contribution in [3.8, 4) is 5.75 Å². The molecule has 0 radical (unpaired) electrons. The van der Waals surface area contributed by atoms with Gasteiger partial charge in [-0.25, -0.2) is 0 Å². The lowest BCUT2D eigenvalue weighted by Crippen LogP contribution is -2.33. The minimum atomic E-state index is -0.602. The van der Waals surface area contributed by atoms with Crippen LogP contribution in [0.25, 0.3) is 0 Å². The third-order valence-electron chi connectivity index (χ3n) is 3.50. The standard InChI is InChI=1S/C16H24O4/c1-5-15(17)11(2)16(18)12(3)20-10-13-6-8-14(19-4)9-7-13/h6-9,11-12,15,17H,5,10H2,1-4H3/t11-,12-,15+/m0/s1. The molecule has 1 aromatic carbocycles. The zero-order chi connectivity index (χ0) is 15.1. The van der Waals surface area contributed by atoms with Crippen molar-refractivity contribution in [1.82, 2.24) is 0 Å². The summed E-state index contributed by atoms with van der Waals surface area (Å²) >= 11 is 0. The van der Waals surface area contributed by atoms with Gasteiger partial charge in [-0.05, 0) is 31.0 Å². The first-order valence-electron chi connectivity index (χ1n) is 6.95. The molecule has 20 heavy (non-hydrogen) atoms. The lowest BCUT2D eigenvalue weighted by Gasteiger charge is -2.20. The van der Waals surface area contributed by atoms with E-state index in [-0.39, 0.29) is 5.78 Å². The van der Waals surface area contributed by atoms with Crippen LogP contribution in [-0.2, 0) is 16.1 Å². The quantitative estimate of drug-likeness (QED) is 0.795. The van der Waals surface area contributed by atoms with Crippen LogP contribution < -0.4 is 4.74 Å². The van der Waals surface area contributed by atoms with E-state index in [0.29, 0.717) is 13.0 Å². The summed E-state index contributed by atoms with van der Waals surface area (Å²) in [6.07, 6.45) is -0.555. The SMILES string of the molecule is CC[C@@H](O)[C@H](C)C(=O)[C@H](C)OCc1ccc(OC)cc1. The van der Waals surface area contributed by atoms with Gasteiger partial charge in [0.15, 0.2) is 5.78 Å². The lowest BCUT2D eigenvalue weighted by molar-refractivity contribution is -0.137. The molecule has 4 heteroatoms. The average molecular weight is 280 g/mol. The number of benzene rings is 1. The van der Waals surface area contributed by atoms with Gasteiger partial charge in [0.25, 0.3) is 0 Å². The summed E-state index contributed by atoms with van der Waals surface area (Å²) in [6, 6.07) is 7.52. The van der Waals surface area contributed by atoms with Gasteiger partial charge < -0.3 is 14.6 Å². The molecule has 0 spiro atoms. The van der Waals surface area contributed by atoms with E-state index in [0.717, 1.165) is 11.3 Å². The number of ether oxygens (including phenoxy) is 2. The Labute approximate surface area is 120 Å². The molecule has 0 amide bonds. The predicted octanol–water partition coefficient (Wildman–Crippen LogP) is 2.58. The molecule has 3 atom stereocenters. The molecular weight excluding hydrogens is 256 g/mol. The van der Waals surface area contributed by atoms with Gasteiger partial charge in [0.05, 0.1) is 19.8 Å². The Morgan fingerprint density at radius 3 is 2.35 bits per heavy atom. The maximum Gasteiger partial charge on any atom is 0.166 e. The monoisotopic (exact) mass is 280 g/mol. The molecule has 0 fully saturated rings. The molecule has 4 nitrogen and oxygen atoms in total. The molecule has 0 bridgehead atoms. The van der Waals surface area contributed by atoms with Crippen LogP contribution in [0.5, 0.6) is 5.75 Å². The van der Waals surface area contributed by atoms with Crippen molar-refractivity contribution < 1.29 is 19.4 Å². The van der Waals surface area contributed by atoms with Gasteiger partial charge in [-0.2, -0.15) is 0 Å². The van der Waals surface area contributed by atoms with E-state index in [1.165, 1.54) is 0 Å². The van der Waals surface area contributed by atoms with Crippen LogP contribution in [-0.4, -0.2) is 30.2 Å². The minimum absolute atomic E-state index is 0.0622. The van der Waals surface area contributed by atoms with Crippen LogP contribution in [0.4, 0.5) is 0 Å². The second-order valence-electron chi connectivity index (χ2n) is 4.97. The number of carbonyl (C=O) groups excluding carboxylic acids is 1. The van der Waals surface area contributed by atoms with E-state index in [4.69, 9.17) is 9.47 Å². The maximum atomic E-state index is 12.1. The first kappa shape index (κ1) is 16.7. The molecule has 1 N–H and O–H groups in total. The van der Waals surface area contributed by atoms with Crippen molar-refractivity contribution in [2.45, 2.75) is 46.0 Å². The zero-order valence-corrected chi connectivity index (χ0v) is 12.6. The molecular formula is C16H24O4. The van der Waals surface area contributed by atoms with Gasteiger partial charge in [0, 0.05) is 5.92 Å². The number of hydrogen-bond acceptors (Lipinski definition) is 4. The predicted molar refractivity (Wildman–Crippen MR) is 77.7 cm³/mol. The first-order valence-corrected chi connectivity index (χ1v) is 6.95. The zero-order valence-electron chi connectivity index (χ0n) is 12.6. The van der Waals surface area contributed by atoms with E-state index in [1.54, 1.807) is 21.0 Å². The fraction of sp³-hybridized carbons (Fsp3) is 0.562. The summed E-state index contributed by atoms with van der Waals surface area (Å²) in [7, 11) is 1.62. The van der Waals surface area contributed by atoms with Crippen LogP contribution in [0.15, 0.2) is 24.3 Å². The van der Waals surface area contributed by atoms with E-state index < -0.39 is 18.1 Å². The lowest BCUT2D eigenvalue weighted by atomic mass is 9.95. The molecule has 0 aliphatic carbocycles. The highest BCUT2D eigenvalue weighted by molar-refractivity contribution is 5.85. The Kier molecular flexibility index (Phi) is 6.68. The number of carbonyl (C=O) groups is 1. The number of hydrogen-bond donors (Lipinski definition) is 1. The summed E-state index contributed by atoms with van der Waals surface area (Å²) in [5.74, 6) is 0.330. The third-order valence-corrected chi connectivity index (χ3v) is 3.50. The van der Waals surface area contributed by atoms with E-state index in [9.17, 15) is 9.90 Å². The van der Waals surface area contributed by atoms with E-state index in [2.05, 4.69) is 0 Å². The normalized spacial score (nSPS) is 15.4. The Bertz CT molecular complexity index is 413. The molecule has 0 unspecified atom stereocenters. The van der Waals surface area contributed by atoms with Gasteiger partial charge in [0.2, 0.25) is 0 Å². The van der Waals surface area contributed by atoms with Gasteiger partial charge in [-0.3, -0.25) is 4.79 Å². The summed E-state index contributed by atoms with van der Waals surface area (Å²) in [4.78, 5) is 12.1. The Morgan fingerprint density at radius 2 is 1.85 bits per heavy atom. The number of ketones is 1. The molecule has 0 saturated carbocycles. The second-order valence-corrected chi connectivity index (χ2v) is 4.97. The number of Topliss-reactive ketones (excluding diaryl/α,β-unsaturated/α-hetero) is 1. The van der Waals surface area contributed by atoms with Crippen LogP contribution >= 0.6 is 0 Å². The van der Waals surface area contributed by atoms with E-state index in [1.807, 2.05) is 31.2 Å². The molecule has 0 aromatic heterocycles. The second kappa shape index (κ2) is 8.02. The van der Waals surface area contributed by atoms with Gasteiger partial charge in [0.1, 0.15) is 11.9 Å². The summed E-state index contributed by atoms with van der Waals surface area (Å²) in [5.41, 5.74) is 0.981. The molecule has 0 aliphatic heterocycles. The third kappa shape index (κ3) is 4.62. The maximum absolute atomic E-state index is 12.1. The van der Waals surface area contributed by atoms with Crippen molar-refractivity contribution in [3.63, 3.8) is 0 Å². The molecule has 112 valence electrons. The van der Waals surface area contributed by atoms with Crippen molar-refractivity contribution >= 4 is 5.78 Å². The summed E-state index contributed by atoms with van der Waals surface area (Å²) in [6.45, 7) is 5.69. The highest BCUT2D eigenvalue weighted by atomic mass is 16.5. The number of methoxy groups -OCH3 is 1. The van der Waals surface area contributed by atoms with Gasteiger partial charge in [-0.1, -0.05) is 26.0 Å². The minimum Gasteiger partial charge on any atom is -0.497 e. The molecule has 1 rings (SSSR count). The Balaban J connectivity index is 2.49.